The third-order valence-electron chi connectivity index (χ3n) is 7.05. The van der Waals surface area contributed by atoms with E-state index in [0.717, 1.165) is 37.2 Å². The normalized spacial score (nSPS) is 23.5. The molecule has 2 fully saturated rings. The minimum absolute atomic E-state index is 0.0217. The van der Waals surface area contributed by atoms with E-state index < -0.39 is 0 Å². The average Bonchev–Trinajstić information content (AvgIpc) is 3.20. The summed E-state index contributed by atoms with van der Waals surface area (Å²) in [6.45, 7) is 5.70. The number of nitrogens with one attached hydrogen (secondary N) is 1. The second-order valence-electron chi connectivity index (χ2n) is 8.82. The molecule has 2 bridgehead atoms. The van der Waals surface area contributed by atoms with Crippen molar-refractivity contribution in [3.63, 3.8) is 0 Å². The molecule has 164 valence electrons. The fourth-order valence-corrected chi connectivity index (χ4v) is 5.04. The average molecular weight is 425 g/mol. The molecule has 2 aromatic heterocycles. The summed E-state index contributed by atoms with van der Waals surface area (Å²) in [6.07, 6.45) is 4.96. The molecule has 9 nitrogen and oxygen atoms in total. The lowest BCUT2D eigenvalue weighted by Gasteiger charge is -2.30. The first-order valence-corrected chi connectivity index (χ1v) is 10.9. The fraction of sp³-hybridized carbons (Fsp3) is 0.545. The van der Waals surface area contributed by atoms with Crippen molar-refractivity contribution in [1.82, 2.24) is 19.9 Å². The summed E-state index contributed by atoms with van der Waals surface area (Å²) in [5.41, 5.74) is 2.77. The zero-order chi connectivity index (χ0) is 21.7. The fourth-order valence-electron chi connectivity index (χ4n) is 5.04. The van der Waals surface area contributed by atoms with Crippen LogP contribution < -0.4 is 10.2 Å². The van der Waals surface area contributed by atoms with Crippen molar-refractivity contribution in [3.8, 4) is 0 Å². The second kappa shape index (κ2) is 7.64. The number of nitrogens with zero attached hydrogens (tertiary/aromatic N) is 5. The van der Waals surface area contributed by atoms with Crippen molar-refractivity contribution in [1.29, 1.82) is 0 Å². The zero-order valence-electron chi connectivity index (χ0n) is 18.2. The van der Waals surface area contributed by atoms with Gasteiger partial charge in [-0.3, -0.25) is 14.5 Å². The Bertz CT molecular complexity index is 1010. The number of aryl methyl sites for hydroxylation is 2. The highest BCUT2D eigenvalue weighted by Gasteiger charge is 2.36. The molecule has 3 aliphatic rings. The van der Waals surface area contributed by atoms with Crippen molar-refractivity contribution >= 4 is 23.3 Å². The van der Waals surface area contributed by atoms with Gasteiger partial charge in [0.25, 0.3) is 5.91 Å². The van der Waals surface area contributed by atoms with E-state index in [-0.39, 0.29) is 18.4 Å². The van der Waals surface area contributed by atoms with Gasteiger partial charge in [-0.25, -0.2) is 4.98 Å². The second-order valence-corrected chi connectivity index (χ2v) is 8.82. The first kappa shape index (κ1) is 20.0. The molecular formula is C22H28N6O3. The van der Waals surface area contributed by atoms with Crippen molar-refractivity contribution in [2.24, 2.45) is 0 Å². The van der Waals surface area contributed by atoms with Gasteiger partial charge in [0.15, 0.2) is 5.82 Å². The first-order chi connectivity index (χ1) is 14.9. The molecule has 2 amide bonds. The van der Waals surface area contributed by atoms with Crippen LogP contribution in [0.3, 0.4) is 0 Å². The molecule has 0 spiro atoms. The van der Waals surface area contributed by atoms with Crippen LogP contribution in [0.2, 0.25) is 0 Å². The quantitative estimate of drug-likeness (QED) is 0.805. The Morgan fingerprint density at radius 2 is 2.06 bits per heavy atom. The minimum atomic E-state index is -0.0763. The lowest BCUT2D eigenvalue weighted by molar-refractivity contribution is -0.117. The SMILES string of the molecule is Cc1noc(C)c1CN1C(=O)CNc2ncc(C(=O)N3CC[C@@H]4CC[C@H](C3)N4C)cc21. The Morgan fingerprint density at radius 1 is 1.26 bits per heavy atom. The Hall–Kier alpha value is -2.94. The third kappa shape index (κ3) is 3.46. The summed E-state index contributed by atoms with van der Waals surface area (Å²) >= 11 is 0. The topological polar surface area (TPSA) is 94.8 Å². The maximum Gasteiger partial charge on any atom is 0.255 e. The summed E-state index contributed by atoms with van der Waals surface area (Å²) in [5, 5.41) is 7.06. The summed E-state index contributed by atoms with van der Waals surface area (Å²) in [6, 6.07) is 2.78. The highest BCUT2D eigenvalue weighted by molar-refractivity contribution is 6.04. The highest BCUT2D eigenvalue weighted by Crippen LogP contribution is 2.33. The highest BCUT2D eigenvalue weighted by atomic mass is 16.5. The van der Waals surface area contributed by atoms with Crippen LogP contribution in [-0.4, -0.2) is 70.5 Å². The number of hydrogen-bond acceptors (Lipinski definition) is 7. The van der Waals surface area contributed by atoms with E-state index in [1.165, 1.54) is 6.42 Å². The number of carbonyl (C=O) groups excluding carboxylic acids is 2. The van der Waals surface area contributed by atoms with E-state index in [1.807, 2.05) is 18.7 Å². The van der Waals surface area contributed by atoms with Crippen molar-refractivity contribution in [3.05, 3.63) is 34.8 Å². The van der Waals surface area contributed by atoms with Gasteiger partial charge in [-0.05, 0) is 46.2 Å². The van der Waals surface area contributed by atoms with E-state index in [9.17, 15) is 9.59 Å². The van der Waals surface area contributed by atoms with Crippen LogP contribution >= 0.6 is 0 Å². The third-order valence-corrected chi connectivity index (χ3v) is 7.05. The van der Waals surface area contributed by atoms with Gasteiger partial charge in [-0.15, -0.1) is 0 Å². The van der Waals surface area contributed by atoms with Gasteiger partial charge in [-0.1, -0.05) is 5.16 Å². The summed E-state index contributed by atoms with van der Waals surface area (Å²) in [4.78, 5) is 36.6. The van der Waals surface area contributed by atoms with Crippen LogP contribution in [0.15, 0.2) is 16.8 Å². The van der Waals surface area contributed by atoms with Gasteiger partial charge >= 0.3 is 0 Å². The Balaban J connectivity index is 1.43. The number of likely N-dealkylation sites (N-methyl/N-ethyl adjacent to an activating group) is 1. The maximum absolute atomic E-state index is 13.4. The van der Waals surface area contributed by atoms with Crippen molar-refractivity contribution in [2.45, 2.75) is 51.7 Å². The molecule has 0 saturated carbocycles. The van der Waals surface area contributed by atoms with Crippen LogP contribution in [-0.2, 0) is 11.3 Å². The Morgan fingerprint density at radius 3 is 2.84 bits per heavy atom. The number of likely N-dealkylation sites (tertiary alicyclic amines) is 1. The largest absolute Gasteiger partial charge is 0.361 e. The molecule has 1 N–H and O–H groups in total. The molecule has 9 heteroatoms. The molecule has 0 aliphatic carbocycles. The van der Waals surface area contributed by atoms with Crippen LogP contribution in [0.1, 0.15) is 46.6 Å². The van der Waals surface area contributed by atoms with Crippen LogP contribution in [0, 0.1) is 13.8 Å². The molecule has 31 heavy (non-hydrogen) atoms. The predicted molar refractivity (Wildman–Crippen MR) is 115 cm³/mol. The molecule has 0 aromatic carbocycles. The van der Waals surface area contributed by atoms with E-state index in [0.29, 0.717) is 41.5 Å². The number of anilines is 2. The monoisotopic (exact) mass is 424 g/mol. The van der Waals surface area contributed by atoms with Gasteiger partial charge in [0, 0.05) is 36.9 Å². The molecule has 5 rings (SSSR count). The predicted octanol–water partition coefficient (Wildman–Crippen LogP) is 1.95. The Kier molecular flexibility index (Phi) is 4.92. The number of aromatic nitrogens is 2. The molecule has 2 saturated heterocycles. The summed E-state index contributed by atoms with van der Waals surface area (Å²) < 4.78 is 5.26. The molecular weight excluding hydrogens is 396 g/mol. The molecule has 2 atom stereocenters. The number of fused-ring (bicyclic) bond motifs is 3. The van der Waals surface area contributed by atoms with Gasteiger partial charge in [-0.2, -0.15) is 0 Å². The molecule has 5 heterocycles. The first-order valence-electron chi connectivity index (χ1n) is 10.9. The van der Waals surface area contributed by atoms with Crippen molar-refractivity contribution < 1.29 is 14.1 Å². The number of carbonyl (C=O) groups is 2. The van der Waals surface area contributed by atoms with Crippen LogP contribution in [0.4, 0.5) is 11.5 Å². The van der Waals surface area contributed by atoms with E-state index in [4.69, 9.17) is 4.52 Å². The van der Waals surface area contributed by atoms with Gasteiger partial charge in [0.05, 0.1) is 30.0 Å². The van der Waals surface area contributed by atoms with Gasteiger partial charge in [0.2, 0.25) is 5.91 Å². The number of hydrogen-bond donors (Lipinski definition) is 1. The lowest BCUT2D eigenvalue weighted by atomic mass is 10.1. The van der Waals surface area contributed by atoms with Crippen molar-refractivity contribution in [2.75, 3.05) is 36.9 Å². The Labute approximate surface area is 181 Å². The zero-order valence-corrected chi connectivity index (χ0v) is 18.2. The summed E-state index contributed by atoms with van der Waals surface area (Å²) in [7, 11) is 2.17. The molecule has 0 unspecified atom stereocenters. The smallest absolute Gasteiger partial charge is 0.255 e. The van der Waals surface area contributed by atoms with E-state index in [1.54, 1.807) is 17.2 Å². The number of pyridine rings is 1. The summed E-state index contributed by atoms with van der Waals surface area (Å²) in [5.74, 6) is 1.20. The van der Waals surface area contributed by atoms with E-state index >= 15 is 0 Å². The maximum atomic E-state index is 13.4. The standard InChI is InChI=1S/C22H28N6O3/c1-13-18(14(2)31-25-13)12-28-19-8-15(9-23-21(19)24-10-20(28)29)22(30)27-7-6-16-4-5-17(11-27)26(16)3/h8-9,16-17H,4-7,10-12H2,1-3H3,(H,23,24)/t16-,17+/m0/s1. The minimum Gasteiger partial charge on any atom is -0.361 e. The lowest BCUT2D eigenvalue weighted by Crippen LogP contribution is -2.41. The van der Waals surface area contributed by atoms with Crippen LogP contribution in [0.25, 0.3) is 0 Å². The van der Waals surface area contributed by atoms with E-state index in [2.05, 4.69) is 27.4 Å². The molecule has 0 radical (unpaired) electrons. The van der Waals surface area contributed by atoms with Gasteiger partial charge in [0.1, 0.15) is 5.76 Å². The number of amides is 2. The van der Waals surface area contributed by atoms with Gasteiger partial charge < -0.3 is 19.6 Å². The number of rotatable bonds is 3. The van der Waals surface area contributed by atoms with Crippen LogP contribution in [0.5, 0.6) is 0 Å². The molecule has 3 aliphatic heterocycles. The molecule has 2 aromatic rings.